The molecule has 2 aliphatic rings. The largest absolute Gasteiger partial charge is 0.494 e. The van der Waals surface area contributed by atoms with Crippen molar-refractivity contribution in [1.29, 1.82) is 0 Å². The first kappa shape index (κ1) is 14.8. The summed E-state index contributed by atoms with van der Waals surface area (Å²) in [6.07, 6.45) is 6.55. The van der Waals surface area contributed by atoms with E-state index in [0.29, 0.717) is 5.41 Å². The highest BCUT2D eigenvalue weighted by Gasteiger charge is 2.36. The number of ether oxygens (including phenoxy) is 1. The first-order valence-corrected chi connectivity index (χ1v) is 8.94. The fraction of sp³-hybridized carbons (Fsp3) is 0.588. The highest BCUT2D eigenvalue weighted by atomic mass is 32.2. The van der Waals surface area contributed by atoms with Crippen molar-refractivity contribution in [1.82, 2.24) is 5.32 Å². The van der Waals surface area contributed by atoms with Gasteiger partial charge in [0.05, 0.1) is 6.61 Å². The number of benzene rings is 1. The highest BCUT2D eigenvalue weighted by Crippen LogP contribution is 2.43. The summed E-state index contributed by atoms with van der Waals surface area (Å²) in [6.45, 7) is 2.72. The molecule has 1 spiro atoms. The molecule has 0 aromatic heterocycles. The van der Waals surface area contributed by atoms with Gasteiger partial charge in [-0.1, -0.05) is 42.8 Å². The summed E-state index contributed by atoms with van der Waals surface area (Å²) < 4.78 is 5.68. The van der Waals surface area contributed by atoms with Crippen molar-refractivity contribution < 1.29 is 4.74 Å². The molecule has 3 rings (SSSR count). The fourth-order valence-corrected chi connectivity index (χ4v) is 4.24. The summed E-state index contributed by atoms with van der Waals surface area (Å²) in [5, 5.41) is 4.58. The molecule has 0 saturated heterocycles. The first-order valence-electron chi connectivity index (χ1n) is 7.95. The number of hydrogen-bond acceptors (Lipinski definition) is 4. The molecule has 1 fully saturated rings. The lowest BCUT2D eigenvalue weighted by Gasteiger charge is -2.31. The van der Waals surface area contributed by atoms with Crippen LogP contribution in [0.2, 0.25) is 0 Å². The fourth-order valence-electron chi connectivity index (χ4n) is 3.06. The van der Waals surface area contributed by atoms with Crippen molar-refractivity contribution in [2.24, 2.45) is 10.4 Å². The Kier molecular flexibility index (Phi) is 5.07. The second-order valence-corrected chi connectivity index (χ2v) is 7.02. The van der Waals surface area contributed by atoms with Crippen LogP contribution in [0.1, 0.15) is 32.1 Å². The van der Waals surface area contributed by atoms with Crippen LogP contribution >= 0.6 is 11.8 Å². The number of nitrogens with zero attached hydrogens (tertiary/aromatic N) is 1. The monoisotopic (exact) mass is 304 g/mol. The Morgan fingerprint density at radius 3 is 2.71 bits per heavy atom. The van der Waals surface area contributed by atoms with E-state index in [1.165, 1.54) is 31.4 Å². The Bertz CT molecular complexity index is 469. The van der Waals surface area contributed by atoms with Crippen LogP contribution in [0.25, 0.3) is 0 Å². The third kappa shape index (κ3) is 4.16. The van der Waals surface area contributed by atoms with Gasteiger partial charge in [-0.15, -0.1) is 0 Å². The van der Waals surface area contributed by atoms with Gasteiger partial charge in [0.25, 0.3) is 0 Å². The molecule has 21 heavy (non-hydrogen) atoms. The summed E-state index contributed by atoms with van der Waals surface area (Å²) >= 11 is 1.91. The molecule has 1 aliphatic carbocycles. The van der Waals surface area contributed by atoms with Crippen molar-refractivity contribution in [2.45, 2.75) is 32.1 Å². The molecule has 0 unspecified atom stereocenters. The van der Waals surface area contributed by atoms with E-state index in [0.717, 1.165) is 37.0 Å². The van der Waals surface area contributed by atoms with Gasteiger partial charge in [0.1, 0.15) is 5.75 Å². The van der Waals surface area contributed by atoms with Gasteiger partial charge in [0.2, 0.25) is 0 Å². The third-order valence-corrected chi connectivity index (χ3v) is 5.65. The quantitative estimate of drug-likeness (QED) is 0.842. The second-order valence-electron chi connectivity index (χ2n) is 6.06. The van der Waals surface area contributed by atoms with Gasteiger partial charge in [-0.05, 0) is 36.8 Å². The lowest BCUT2D eigenvalue weighted by Crippen LogP contribution is -2.34. The zero-order chi connectivity index (χ0) is 14.4. The number of amidine groups is 1. The van der Waals surface area contributed by atoms with E-state index in [9.17, 15) is 0 Å². The third-order valence-electron chi connectivity index (χ3n) is 4.35. The standard InChI is InChI=1S/C17H24N2OS/c1-2-7-15(8-3-1)20-12-6-11-18-16-19-13-17(14-21-16)9-4-5-10-17/h1-3,7-8H,4-6,9-14H2,(H,18,19). The zero-order valence-corrected chi connectivity index (χ0v) is 13.3. The second kappa shape index (κ2) is 7.21. The predicted octanol–water partition coefficient (Wildman–Crippen LogP) is 3.71. The van der Waals surface area contributed by atoms with Crippen LogP contribution in [-0.4, -0.2) is 30.6 Å². The van der Waals surface area contributed by atoms with Gasteiger partial charge in [-0.3, -0.25) is 4.99 Å². The molecule has 0 amide bonds. The topological polar surface area (TPSA) is 33.6 Å². The molecule has 1 aliphatic heterocycles. The molecule has 114 valence electrons. The molecular weight excluding hydrogens is 280 g/mol. The van der Waals surface area contributed by atoms with Crippen molar-refractivity contribution >= 4 is 16.9 Å². The molecule has 4 heteroatoms. The molecule has 0 radical (unpaired) electrons. The van der Waals surface area contributed by atoms with Crippen molar-refractivity contribution in [3.05, 3.63) is 30.3 Å². The molecule has 1 aromatic carbocycles. The minimum Gasteiger partial charge on any atom is -0.494 e. The predicted molar refractivity (Wildman–Crippen MR) is 90.2 cm³/mol. The van der Waals surface area contributed by atoms with Crippen LogP contribution in [0.15, 0.2) is 35.3 Å². The van der Waals surface area contributed by atoms with E-state index in [1.54, 1.807) is 0 Å². The van der Waals surface area contributed by atoms with Crippen LogP contribution in [-0.2, 0) is 0 Å². The van der Waals surface area contributed by atoms with Crippen molar-refractivity contribution in [3.8, 4) is 5.75 Å². The lowest BCUT2D eigenvalue weighted by molar-refractivity contribution is 0.311. The van der Waals surface area contributed by atoms with Crippen molar-refractivity contribution in [2.75, 3.05) is 25.4 Å². The molecule has 1 aromatic rings. The molecule has 0 bridgehead atoms. The number of thioether (sulfide) groups is 1. The van der Waals surface area contributed by atoms with Gasteiger partial charge in [0.15, 0.2) is 5.17 Å². The summed E-state index contributed by atoms with van der Waals surface area (Å²) in [7, 11) is 0. The maximum absolute atomic E-state index is 5.68. The van der Waals surface area contributed by atoms with E-state index in [4.69, 9.17) is 9.73 Å². The Morgan fingerprint density at radius 1 is 1.19 bits per heavy atom. The van der Waals surface area contributed by atoms with Crippen LogP contribution in [0, 0.1) is 5.41 Å². The molecule has 1 saturated carbocycles. The minimum atomic E-state index is 0.534. The van der Waals surface area contributed by atoms with Crippen LogP contribution < -0.4 is 10.1 Å². The number of nitrogens with one attached hydrogen (secondary N) is 1. The SMILES string of the molecule is c1ccc(OCCCNC2=NCC3(CCCC3)CS2)cc1. The van der Waals surface area contributed by atoms with E-state index in [-0.39, 0.29) is 0 Å². The van der Waals surface area contributed by atoms with E-state index < -0.39 is 0 Å². The van der Waals surface area contributed by atoms with Gasteiger partial charge < -0.3 is 10.1 Å². The minimum absolute atomic E-state index is 0.534. The van der Waals surface area contributed by atoms with Crippen LogP contribution in [0.3, 0.4) is 0 Å². The molecule has 1 heterocycles. The molecule has 0 atom stereocenters. The maximum Gasteiger partial charge on any atom is 0.156 e. The molecule has 1 N–H and O–H groups in total. The average Bonchev–Trinajstić information content (AvgIpc) is 2.98. The summed E-state index contributed by atoms with van der Waals surface area (Å²) in [4.78, 5) is 4.75. The smallest absolute Gasteiger partial charge is 0.156 e. The number of rotatable bonds is 5. The van der Waals surface area contributed by atoms with Crippen molar-refractivity contribution in [3.63, 3.8) is 0 Å². The van der Waals surface area contributed by atoms with Gasteiger partial charge >= 0.3 is 0 Å². The van der Waals surface area contributed by atoms with Gasteiger partial charge in [-0.2, -0.15) is 0 Å². The Morgan fingerprint density at radius 2 is 2.00 bits per heavy atom. The van der Waals surface area contributed by atoms with Gasteiger partial charge in [0, 0.05) is 18.8 Å². The van der Waals surface area contributed by atoms with Crippen LogP contribution in [0.4, 0.5) is 0 Å². The lowest BCUT2D eigenvalue weighted by atomic mass is 9.89. The Hall–Kier alpha value is -1.16. The Balaban J connectivity index is 1.32. The number of hydrogen-bond donors (Lipinski definition) is 1. The van der Waals surface area contributed by atoms with E-state index >= 15 is 0 Å². The average molecular weight is 304 g/mol. The normalized spacial score (nSPS) is 20.3. The first-order chi connectivity index (χ1) is 10.4. The summed E-state index contributed by atoms with van der Waals surface area (Å²) in [6, 6.07) is 9.99. The summed E-state index contributed by atoms with van der Waals surface area (Å²) in [5.74, 6) is 2.20. The highest BCUT2D eigenvalue weighted by molar-refractivity contribution is 8.13. The summed E-state index contributed by atoms with van der Waals surface area (Å²) in [5.41, 5.74) is 0.534. The van der Waals surface area contributed by atoms with E-state index in [2.05, 4.69) is 5.32 Å². The molecular formula is C17H24N2OS. The van der Waals surface area contributed by atoms with Gasteiger partial charge in [-0.25, -0.2) is 0 Å². The molecule has 3 nitrogen and oxygen atoms in total. The number of para-hydroxylation sites is 1. The maximum atomic E-state index is 5.68. The Labute approximate surface area is 131 Å². The zero-order valence-electron chi connectivity index (χ0n) is 12.5. The van der Waals surface area contributed by atoms with E-state index in [1.807, 2.05) is 42.1 Å². The van der Waals surface area contributed by atoms with Crippen LogP contribution in [0.5, 0.6) is 5.75 Å². The number of aliphatic imine (C=N–C) groups is 1.